The van der Waals surface area contributed by atoms with Crippen LogP contribution in [0, 0.1) is 5.82 Å². The first kappa shape index (κ1) is 14.6. The monoisotopic (exact) mass is 299 g/mol. The molecule has 0 bridgehead atoms. The van der Waals surface area contributed by atoms with Crippen molar-refractivity contribution >= 4 is 34.7 Å². The molecule has 104 valence electrons. The number of halogens is 1. The van der Waals surface area contributed by atoms with E-state index in [-0.39, 0.29) is 10.8 Å². The molecule has 0 spiro atoms. The van der Waals surface area contributed by atoms with E-state index in [9.17, 15) is 4.39 Å². The summed E-state index contributed by atoms with van der Waals surface area (Å²) < 4.78 is 13.7. The zero-order chi connectivity index (χ0) is 13.7. The minimum atomic E-state index is -0.369. The van der Waals surface area contributed by atoms with Crippen LogP contribution in [0.1, 0.15) is 5.56 Å². The van der Waals surface area contributed by atoms with Gasteiger partial charge in [-0.3, -0.25) is 4.90 Å². The van der Waals surface area contributed by atoms with E-state index in [1.807, 2.05) is 17.8 Å². The van der Waals surface area contributed by atoms with E-state index in [0.29, 0.717) is 11.3 Å². The molecule has 1 aliphatic rings. The minimum Gasteiger partial charge on any atom is -0.389 e. The van der Waals surface area contributed by atoms with E-state index in [2.05, 4.69) is 10.2 Å². The lowest BCUT2D eigenvalue weighted by Crippen LogP contribution is -2.36. The van der Waals surface area contributed by atoms with Gasteiger partial charge in [-0.15, -0.1) is 0 Å². The molecule has 1 aromatic carbocycles. The Kier molecular flexibility index (Phi) is 5.42. The quantitative estimate of drug-likeness (QED) is 0.813. The topological polar surface area (TPSA) is 41.3 Å². The maximum absolute atomic E-state index is 13.7. The van der Waals surface area contributed by atoms with E-state index in [4.69, 9.17) is 18.0 Å². The third kappa shape index (κ3) is 4.06. The van der Waals surface area contributed by atoms with E-state index in [0.717, 1.165) is 26.2 Å². The number of thiocarbonyl (C=S) groups is 1. The maximum Gasteiger partial charge on any atom is 0.135 e. The number of nitrogens with one attached hydrogen (secondary N) is 1. The molecule has 1 aliphatic heterocycles. The highest BCUT2D eigenvalue weighted by Crippen LogP contribution is 2.18. The van der Waals surface area contributed by atoms with E-state index in [1.165, 1.54) is 17.6 Å². The summed E-state index contributed by atoms with van der Waals surface area (Å²) in [6.45, 7) is 3.97. The van der Waals surface area contributed by atoms with Gasteiger partial charge in [-0.1, -0.05) is 18.3 Å². The fourth-order valence-corrected chi connectivity index (χ4v) is 3.28. The highest BCUT2D eigenvalue weighted by atomic mass is 32.2. The van der Waals surface area contributed by atoms with Crippen LogP contribution >= 0.6 is 24.0 Å². The Morgan fingerprint density at radius 3 is 2.84 bits per heavy atom. The number of nitrogens with two attached hydrogens (primary N) is 1. The molecule has 0 atom stereocenters. The van der Waals surface area contributed by atoms with Gasteiger partial charge < -0.3 is 11.1 Å². The van der Waals surface area contributed by atoms with Gasteiger partial charge in [0.1, 0.15) is 10.8 Å². The Morgan fingerprint density at radius 1 is 1.42 bits per heavy atom. The molecule has 6 heteroatoms. The summed E-state index contributed by atoms with van der Waals surface area (Å²) in [6.07, 6.45) is 0. The Hall–Kier alpha value is -0.850. The largest absolute Gasteiger partial charge is 0.389 e. The van der Waals surface area contributed by atoms with Gasteiger partial charge in [-0.2, -0.15) is 11.8 Å². The van der Waals surface area contributed by atoms with Crippen LogP contribution in [0.15, 0.2) is 18.2 Å². The molecule has 0 unspecified atom stereocenters. The molecule has 0 amide bonds. The summed E-state index contributed by atoms with van der Waals surface area (Å²) in [5.74, 6) is 2.02. The van der Waals surface area contributed by atoms with Crippen molar-refractivity contribution < 1.29 is 4.39 Å². The summed E-state index contributed by atoms with van der Waals surface area (Å²) in [5, 5.41) is 3.23. The molecule has 0 aliphatic carbocycles. The molecule has 0 aromatic heterocycles. The van der Waals surface area contributed by atoms with E-state index < -0.39 is 0 Å². The molecular formula is C13H18FN3S2. The Balaban J connectivity index is 1.92. The molecule has 3 N–H and O–H groups in total. The van der Waals surface area contributed by atoms with E-state index >= 15 is 0 Å². The molecule has 0 radical (unpaired) electrons. The summed E-state index contributed by atoms with van der Waals surface area (Å²) in [7, 11) is 0. The number of hydrogen-bond acceptors (Lipinski definition) is 4. The standard InChI is InChI=1S/C13H18FN3S2/c14-10-2-1-3-11(12(10)13(15)18)16-4-5-17-6-8-19-9-7-17/h1-3,16H,4-9H2,(H2,15,18). The Labute approximate surface area is 122 Å². The molecule has 1 fully saturated rings. The van der Waals surface area contributed by atoms with Crippen molar-refractivity contribution in [1.29, 1.82) is 0 Å². The van der Waals surface area contributed by atoms with Crippen LogP contribution in [0.4, 0.5) is 10.1 Å². The van der Waals surface area contributed by atoms with Crippen molar-refractivity contribution in [3.8, 4) is 0 Å². The lowest BCUT2D eigenvalue weighted by molar-refractivity contribution is 0.314. The summed E-state index contributed by atoms with van der Waals surface area (Å²) >= 11 is 6.89. The van der Waals surface area contributed by atoms with Crippen molar-refractivity contribution in [2.45, 2.75) is 0 Å². The van der Waals surface area contributed by atoms with Crippen molar-refractivity contribution in [2.24, 2.45) is 5.73 Å². The zero-order valence-electron chi connectivity index (χ0n) is 10.7. The molecular weight excluding hydrogens is 281 g/mol. The smallest absolute Gasteiger partial charge is 0.135 e. The van der Waals surface area contributed by atoms with Crippen LogP contribution in [0.3, 0.4) is 0 Å². The number of nitrogens with zero attached hydrogens (tertiary/aromatic N) is 1. The van der Waals surface area contributed by atoms with Crippen LogP contribution in [-0.2, 0) is 0 Å². The second kappa shape index (κ2) is 7.07. The normalized spacial score (nSPS) is 16.3. The zero-order valence-corrected chi connectivity index (χ0v) is 12.3. The SMILES string of the molecule is NC(=S)c1c(F)cccc1NCCN1CCSCC1. The fraction of sp³-hybridized carbons (Fsp3) is 0.462. The second-order valence-corrected chi connectivity index (χ2v) is 6.07. The average molecular weight is 299 g/mol. The van der Waals surface area contributed by atoms with Crippen molar-refractivity contribution in [1.82, 2.24) is 4.90 Å². The third-order valence-electron chi connectivity index (χ3n) is 3.11. The minimum absolute atomic E-state index is 0.0926. The summed E-state index contributed by atoms with van der Waals surface area (Å²) in [4.78, 5) is 2.50. The van der Waals surface area contributed by atoms with Crippen LogP contribution in [0.25, 0.3) is 0 Å². The van der Waals surface area contributed by atoms with Gasteiger partial charge in [0.2, 0.25) is 0 Å². The van der Waals surface area contributed by atoms with Crippen LogP contribution in [0.5, 0.6) is 0 Å². The Morgan fingerprint density at radius 2 is 2.16 bits per heavy atom. The van der Waals surface area contributed by atoms with Gasteiger partial charge in [0.05, 0.1) is 5.56 Å². The number of hydrogen-bond donors (Lipinski definition) is 2. The van der Waals surface area contributed by atoms with Crippen LogP contribution in [0.2, 0.25) is 0 Å². The molecule has 1 saturated heterocycles. The predicted octanol–water partition coefficient (Wildman–Crippen LogP) is 1.92. The van der Waals surface area contributed by atoms with Gasteiger partial charge in [-0.25, -0.2) is 4.39 Å². The maximum atomic E-state index is 13.7. The number of thioether (sulfide) groups is 1. The summed E-state index contributed by atoms with van der Waals surface area (Å²) in [5.41, 5.74) is 6.56. The number of benzene rings is 1. The van der Waals surface area contributed by atoms with Crippen molar-refractivity contribution in [2.75, 3.05) is 43.0 Å². The van der Waals surface area contributed by atoms with Crippen LogP contribution in [-0.4, -0.2) is 47.6 Å². The molecule has 2 rings (SSSR count). The lowest BCUT2D eigenvalue weighted by Gasteiger charge is -2.26. The van der Waals surface area contributed by atoms with Gasteiger partial charge in [-0.05, 0) is 12.1 Å². The molecule has 3 nitrogen and oxygen atoms in total. The number of rotatable bonds is 5. The highest BCUT2D eigenvalue weighted by molar-refractivity contribution is 7.99. The fourth-order valence-electron chi connectivity index (χ4n) is 2.10. The van der Waals surface area contributed by atoms with Gasteiger partial charge in [0.25, 0.3) is 0 Å². The number of anilines is 1. The van der Waals surface area contributed by atoms with Crippen LogP contribution < -0.4 is 11.1 Å². The van der Waals surface area contributed by atoms with E-state index in [1.54, 1.807) is 6.07 Å². The summed E-state index contributed by atoms with van der Waals surface area (Å²) in [6, 6.07) is 4.85. The first-order chi connectivity index (χ1) is 9.18. The first-order valence-electron chi connectivity index (χ1n) is 6.31. The van der Waals surface area contributed by atoms with Gasteiger partial charge in [0.15, 0.2) is 0 Å². The molecule has 1 aromatic rings. The Bertz CT molecular complexity index is 448. The average Bonchev–Trinajstić information content (AvgIpc) is 2.39. The first-order valence-corrected chi connectivity index (χ1v) is 7.87. The van der Waals surface area contributed by atoms with Crippen molar-refractivity contribution in [3.63, 3.8) is 0 Å². The second-order valence-electron chi connectivity index (χ2n) is 4.41. The molecule has 19 heavy (non-hydrogen) atoms. The molecule has 1 heterocycles. The predicted molar refractivity (Wildman–Crippen MR) is 84.5 cm³/mol. The van der Waals surface area contributed by atoms with Gasteiger partial charge in [0, 0.05) is 43.4 Å². The van der Waals surface area contributed by atoms with Crippen molar-refractivity contribution in [3.05, 3.63) is 29.6 Å². The van der Waals surface area contributed by atoms with Gasteiger partial charge >= 0.3 is 0 Å². The lowest BCUT2D eigenvalue weighted by atomic mass is 10.1. The molecule has 0 saturated carbocycles. The highest BCUT2D eigenvalue weighted by Gasteiger charge is 2.12. The third-order valence-corrected chi connectivity index (χ3v) is 4.25.